The average Bonchev–Trinajstić information content (AvgIpc) is 2.48. The van der Waals surface area contributed by atoms with Gasteiger partial charge in [-0.3, -0.25) is 4.98 Å². The fraction of sp³-hybridized carbons (Fsp3) is 0.625. The molecule has 1 aromatic rings. The number of carboxylic acids is 1. The van der Waals surface area contributed by atoms with Gasteiger partial charge in [0.05, 0.1) is 16.9 Å². The zero-order chi connectivity index (χ0) is 15.3. The molecule has 1 heterocycles. The number of nitrogens with one attached hydrogen (secondary N) is 1. The van der Waals surface area contributed by atoms with E-state index in [1.165, 1.54) is 12.6 Å². The molecule has 0 saturated heterocycles. The number of hydrogen-bond acceptors (Lipinski definition) is 4. The maximum Gasteiger partial charge on any atom is 0.337 e. The number of aromatic carboxylic acids is 1. The van der Waals surface area contributed by atoms with E-state index in [2.05, 4.69) is 17.2 Å². The number of pyridine rings is 1. The van der Waals surface area contributed by atoms with E-state index in [0.29, 0.717) is 13.1 Å². The van der Waals surface area contributed by atoms with Gasteiger partial charge >= 0.3 is 5.97 Å². The zero-order valence-corrected chi connectivity index (χ0v) is 12.5. The van der Waals surface area contributed by atoms with Crippen LogP contribution in [0, 0.1) is 5.92 Å². The highest BCUT2D eigenvalue weighted by Gasteiger charge is 2.32. The Morgan fingerprint density at radius 2 is 2.14 bits per heavy atom. The first-order valence-electron chi connectivity index (χ1n) is 7.64. The molecule has 0 radical (unpaired) electrons. The van der Waals surface area contributed by atoms with Crippen LogP contribution in [0.4, 0.5) is 0 Å². The molecule has 1 aliphatic carbocycles. The molecule has 1 fully saturated rings. The molecule has 5 heteroatoms. The van der Waals surface area contributed by atoms with Crippen molar-refractivity contribution >= 4 is 5.97 Å². The summed E-state index contributed by atoms with van der Waals surface area (Å²) in [6, 6.07) is 3.25. The van der Waals surface area contributed by atoms with Gasteiger partial charge in [0.1, 0.15) is 0 Å². The average molecular weight is 292 g/mol. The number of hydrogen-bond donors (Lipinski definition) is 3. The lowest BCUT2D eigenvalue weighted by Crippen LogP contribution is -2.43. The quantitative estimate of drug-likeness (QED) is 0.749. The minimum Gasteiger partial charge on any atom is -0.478 e. The minimum absolute atomic E-state index is 0.190. The van der Waals surface area contributed by atoms with E-state index in [1.54, 1.807) is 12.1 Å². The highest BCUT2D eigenvalue weighted by atomic mass is 16.4. The molecule has 0 bridgehead atoms. The predicted molar refractivity (Wildman–Crippen MR) is 80.1 cm³/mol. The second-order valence-electron chi connectivity index (χ2n) is 6.02. The third-order valence-corrected chi connectivity index (χ3v) is 4.45. The largest absolute Gasteiger partial charge is 0.478 e. The third-order valence-electron chi connectivity index (χ3n) is 4.45. The molecular formula is C16H24N2O3. The third kappa shape index (κ3) is 4.51. The normalized spacial score (nSPS) is 25.7. The van der Waals surface area contributed by atoms with Crippen LogP contribution in [0.2, 0.25) is 0 Å². The highest BCUT2D eigenvalue weighted by Crippen LogP contribution is 2.33. The molecule has 2 rings (SSSR count). The lowest BCUT2D eigenvalue weighted by atomic mass is 9.78. The molecule has 0 aliphatic heterocycles. The second-order valence-corrected chi connectivity index (χ2v) is 6.02. The van der Waals surface area contributed by atoms with Crippen LogP contribution in [0.1, 0.15) is 55.1 Å². The topological polar surface area (TPSA) is 82.5 Å². The summed E-state index contributed by atoms with van der Waals surface area (Å²) in [7, 11) is 0. The van der Waals surface area contributed by atoms with Crippen LogP contribution in [-0.4, -0.2) is 33.3 Å². The van der Waals surface area contributed by atoms with E-state index in [-0.39, 0.29) is 5.56 Å². The first-order chi connectivity index (χ1) is 10.0. The summed E-state index contributed by atoms with van der Waals surface area (Å²) in [4.78, 5) is 14.8. The van der Waals surface area contributed by atoms with Crippen LogP contribution in [0.5, 0.6) is 0 Å². The minimum atomic E-state index is -0.969. The Balaban J connectivity index is 1.77. The van der Waals surface area contributed by atoms with Crippen molar-refractivity contribution in [2.45, 2.75) is 51.2 Å². The molecule has 1 saturated carbocycles. The number of aliphatic hydroxyl groups is 1. The molecular weight excluding hydrogens is 268 g/mol. The maximum absolute atomic E-state index is 10.7. The van der Waals surface area contributed by atoms with Gasteiger partial charge in [0, 0.05) is 19.3 Å². The van der Waals surface area contributed by atoms with Gasteiger partial charge in [0.15, 0.2) is 0 Å². The van der Waals surface area contributed by atoms with E-state index in [9.17, 15) is 9.90 Å². The summed E-state index contributed by atoms with van der Waals surface area (Å²) < 4.78 is 0. The Kier molecular flexibility index (Phi) is 5.31. The molecule has 3 N–H and O–H groups in total. The summed E-state index contributed by atoms with van der Waals surface area (Å²) >= 11 is 0. The van der Waals surface area contributed by atoms with Crippen LogP contribution >= 0.6 is 0 Å². The molecule has 116 valence electrons. The smallest absolute Gasteiger partial charge is 0.337 e. The SMILES string of the molecule is CCC1CCC(O)(CNCc2ccc(C(=O)O)cn2)CC1. The molecule has 5 nitrogen and oxygen atoms in total. The number of rotatable bonds is 6. The summed E-state index contributed by atoms with van der Waals surface area (Å²) in [5.74, 6) is -0.209. The van der Waals surface area contributed by atoms with E-state index >= 15 is 0 Å². The Bertz CT molecular complexity index is 465. The monoisotopic (exact) mass is 292 g/mol. The van der Waals surface area contributed by atoms with Gasteiger partial charge in [0.2, 0.25) is 0 Å². The Hall–Kier alpha value is -1.46. The van der Waals surface area contributed by atoms with E-state index in [4.69, 9.17) is 5.11 Å². The van der Waals surface area contributed by atoms with Gasteiger partial charge in [0.25, 0.3) is 0 Å². The molecule has 21 heavy (non-hydrogen) atoms. The van der Waals surface area contributed by atoms with Gasteiger partial charge in [-0.15, -0.1) is 0 Å². The predicted octanol–water partition coefficient (Wildman–Crippen LogP) is 2.20. The zero-order valence-electron chi connectivity index (χ0n) is 12.5. The Morgan fingerprint density at radius 3 is 2.67 bits per heavy atom. The number of nitrogens with zero attached hydrogens (tertiary/aromatic N) is 1. The van der Waals surface area contributed by atoms with Crippen molar-refractivity contribution in [3.63, 3.8) is 0 Å². The van der Waals surface area contributed by atoms with Gasteiger partial charge in [-0.05, 0) is 43.7 Å². The molecule has 0 aromatic carbocycles. The molecule has 0 spiro atoms. The second kappa shape index (κ2) is 7.00. The van der Waals surface area contributed by atoms with Crippen LogP contribution in [0.25, 0.3) is 0 Å². The van der Waals surface area contributed by atoms with E-state index < -0.39 is 11.6 Å². The Labute approximate surface area is 125 Å². The molecule has 0 atom stereocenters. The maximum atomic E-state index is 10.7. The van der Waals surface area contributed by atoms with Crippen LogP contribution < -0.4 is 5.32 Å². The van der Waals surface area contributed by atoms with Crippen molar-refractivity contribution in [1.29, 1.82) is 0 Å². The van der Waals surface area contributed by atoms with Crippen LogP contribution in [0.15, 0.2) is 18.3 Å². The van der Waals surface area contributed by atoms with E-state index in [1.807, 2.05) is 0 Å². The first kappa shape index (κ1) is 15.9. The number of aromatic nitrogens is 1. The summed E-state index contributed by atoms with van der Waals surface area (Å²) in [5.41, 5.74) is 0.369. The summed E-state index contributed by atoms with van der Waals surface area (Å²) in [6.07, 6.45) is 6.46. The summed E-state index contributed by atoms with van der Waals surface area (Å²) in [5, 5.41) is 22.6. The van der Waals surface area contributed by atoms with Crippen molar-refractivity contribution in [2.24, 2.45) is 5.92 Å². The van der Waals surface area contributed by atoms with Crippen molar-refractivity contribution in [1.82, 2.24) is 10.3 Å². The fourth-order valence-corrected chi connectivity index (χ4v) is 2.88. The van der Waals surface area contributed by atoms with Crippen LogP contribution in [-0.2, 0) is 6.54 Å². The van der Waals surface area contributed by atoms with Gasteiger partial charge in [-0.2, -0.15) is 0 Å². The van der Waals surface area contributed by atoms with Crippen molar-refractivity contribution in [2.75, 3.05) is 6.54 Å². The summed E-state index contributed by atoms with van der Waals surface area (Å²) in [6.45, 7) is 3.31. The van der Waals surface area contributed by atoms with Gasteiger partial charge in [-0.25, -0.2) is 4.79 Å². The standard InChI is InChI=1S/C16H24N2O3/c1-2-12-5-7-16(21,8-6-12)11-17-10-14-4-3-13(9-18-14)15(19)20/h3-4,9,12,17,21H,2,5-8,10-11H2,1H3,(H,19,20). The van der Waals surface area contributed by atoms with E-state index in [0.717, 1.165) is 37.3 Å². The Morgan fingerprint density at radius 1 is 1.43 bits per heavy atom. The lowest BCUT2D eigenvalue weighted by Gasteiger charge is -2.36. The highest BCUT2D eigenvalue weighted by molar-refractivity contribution is 5.87. The number of carbonyl (C=O) groups is 1. The van der Waals surface area contributed by atoms with Crippen molar-refractivity contribution < 1.29 is 15.0 Å². The lowest BCUT2D eigenvalue weighted by molar-refractivity contribution is -0.00886. The molecule has 1 aliphatic rings. The first-order valence-corrected chi connectivity index (χ1v) is 7.64. The molecule has 0 unspecified atom stereocenters. The molecule has 1 aromatic heterocycles. The fourth-order valence-electron chi connectivity index (χ4n) is 2.88. The number of carboxylic acid groups (broad SMARTS) is 1. The van der Waals surface area contributed by atoms with Gasteiger partial charge in [-0.1, -0.05) is 13.3 Å². The van der Waals surface area contributed by atoms with Crippen molar-refractivity contribution in [3.05, 3.63) is 29.6 Å². The van der Waals surface area contributed by atoms with Crippen LogP contribution in [0.3, 0.4) is 0 Å². The van der Waals surface area contributed by atoms with Gasteiger partial charge < -0.3 is 15.5 Å². The molecule has 0 amide bonds. The van der Waals surface area contributed by atoms with Crippen molar-refractivity contribution in [3.8, 4) is 0 Å².